The quantitative estimate of drug-likeness (QED) is 0.873. The van der Waals surface area contributed by atoms with Crippen molar-refractivity contribution >= 4 is 11.3 Å². The molecule has 4 heteroatoms. The predicted octanol–water partition coefficient (Wildman–Crippen LogP) is 3.23. The minimum absolute atomic E-state index is 0.561. The number of hydrogen-bond acceptors (Lipinski definition) is 4. The molecule has 1 N–H and O–H groups in total. The first-order valence-corrected chi connectivity index (χ1v) is 8.99. The number of rotatable bonds is 6. The highest BCUT2D eigenvalue weighted by molar-refractivity contribution is 7.09. The van der Waals surface area contributed by atoms with Gasteiger partial charge in [0.15, 0.2) is 0 Å². The van der Waals surface area contributed by atoms with Crippen LogP contribution >= 0.6 is 11.3 Å². The van der Waals surface area contributed by atoms with Crippen LogP contribution in [0.15, 0.2) is 5.38 Å². The third-order valence-corrected chi connectivity index (χ3v) is 5.58. The van der Waals surface area contributed by atoms with Gasteiger partial charge in [0.25, 0.3) is 0 Å². The van der Waals surface area contributed by atoms with Crippen LogP contribution in [-0.4, -0.2) is 35.6 Å². The van der Waals surface area contributed by atoms with E-state index in [1.165, 1.54) is 56.0 Å². The SMILES string of the molecule is CC(C)c1nc(CN(CC2CCCNC2)C2CC2)cs1. The van der Waals surface area contributed by atoms with Crippen molar-refractivity contribution in [1.29, 1.82) is 0 Å². The summed E-state index contributed by atoms with van der Waals surface area (Å²) in [6.45, 7) is 9.20. The lowest BCUT2D eigenvalue weighted by molar-refractivity contribution is 0.191. The van der Waals surface area contributed by atoms with E-state index >= 15 is 0 Å². The molecule has 0 amide bonds. The van der Waals surface area contributed by atoms with Gasteiger partial charge < -0.3 is 5.32 Å². The molecular weight excluding hydrogens is 266 g/mol. The summed E-state index contributed by atoms with van der Waals surface area (Å²) < 4.78 is 0. The van der Waals surface area contributed by atoms with Gasteiger partial charge in [0.2, 0.25) is 0 Å². The molecule has 1 saturated carbocycles. The van der Waals surface area contributed by atoms with Crippen LogP contribution in [0, 0.1) is 5.92 Å². The van der Waals surface area contributed by atoms with Crippen LogP contribution < -0.4 is 5.32 Å². The lowest BCUT2D eigenvalue weighted by Gasteiger charge is -2.29. The molecule has 1 atom stereocenters. The van der Waals surface area contributed by atoms with Crippen molar-refractivity contribution in [1.82, 2.24) is 15.2 Å². The van der Waals surface area contributed by atoms with Gasteiger partial charge in [-0.3, -0.25) is 4.90 Å². The molecule has 0 spiro atoms. The Hall–Kier alpha value is -0.450. The highest BCUT2D eigenvalue weighted by Gasteiger charge is 2.31. The second-order valence-corrected chi connectivity index (χ2v) is 7.59. The fourth-order valence-electron chi connectivity index (χ4n) is 3.06. The Labute approximate surface area is 126 Å². The summed E-state index contributed by atoms with van der Waals surface area (Å²) in [6.07, 6.45) is 5.52. The number of thiazole rings is 1. The molecule has 0 bridgehead atoms. The average Bonchev–Trinajstić information content (AvgIpc) is 3.19. The van der Waals surface area contributed by atoms with Gasteiger partial charge in [0.05, 0.1) is 10.7 Å². The Bertz CT molecular complexity index is 419. The number of nitrogens with one attached hydrogen (secondary N) is 1. The van der Waals surface area contributed by atoms with E-state index in [1.54, 1.807) is 0 Å². The third kappa shape index (κ3) is 3.80. The van der Waals surface area contributed by atoms with Gasteiger partial charge in [-0.25, -0.2) is 4.98 Å². The third-order valence-electron chi connectivity index (χ3n) is 4.38. The summed E-state index contributed by atoms with van der Waals surface area (Å²) in [4.78, 5) is 7.51. The summed E-state index contributed by atoms with van der Waals surface area (Å²) >= 11 is 1.83. The molecule has 3 nitrogen and oxygen atoms in total. The number of aromatic nitrogens is 1. The molecular formula is C16H27N3S. The second-order valence-electron chi connectivity index (χ2n) is 6.70. The second kappa shape index (κ2) is 6.54. The number of hydrogen-bond donors (Lipinski definition) is 1. The molecule has 2 heterocycles. The molecule has 1 saturated heterocycles. The lowest BCUT2D eigenvalue weighted by atomic mass is 9.99. The van der Waals surface area contributed by atoms with Crippen molar-refractivity contribution in [3.8, 4) is 0 Å². The van der Waals surface area contributed by atoms with Crippen LogP contribution in [0.3, 0.4) is 0 Å². The molecule has 3 rings (SSSR count). The van der Waals surface area contributed by atoms with Crippen molar-refractivity contribution < 1.29 is 0 Å². The summed E-state index contributed by atoms with van der Waals surface area (Å²) in [5, 5.41) is 7.10. The Morgan fingerprint density at radius 2 is 2.25 bits per heavy atom. The zero-order valence-corrected chi connectivity index (χ0v) is 13.6. The van der Waals surface area contributed by atoms with Crippen molar-refractivity contribution in [2.45, 2.75) is 58.0 Å². The number of piperidine rings is 1. The maximum absolute atomic E-state index is 4.81. The summed E-state index contributed by atoms with van der Waals surface area (Å²) in [5.74, 6) is 1.40. The fourth-order valence-corrected chi connectivity index (χ4v) is 3.89. The topological polar surface area (TPSA) is 28.2 Å². The van der Waals surface area contributed by atoms with E-state index in [1.807, 2.05) is 11.3 Å². The fraction of sp³-hybridized carbons (Fsp3) is 0.812. The molecule has 0 aromatic carbocycles. The molecule has 1 aromatic rings. The first-order chi connectivity index (χ1) is 9.72. The van der Waals surface area contributed by atoms with E-state index in [0.29, 0.717) is 5.92 Å². The Morgan fingerprint density at radius 3 is 2.85 bits per heavy atom. The van der Waals surface area contributed by atoms with Gasteiger partial charge >= 0.3 is 0 Å². The van der Waals surface area contributed by atoms with E-state index in [-0.39, 0.29) is 0 Å². The van der Waals surface area contributed by atoms with Crippen LogP contribution in [-0.2, 0) is 6.54 Å². The van der Waals surface area contributed by atoms with Crippen LogP contribution in [0.2, 0.25) is 0 Å². The maximum Gasteiger partial charge on any atom is 0.0954 e. The molecule has 0 radical (unpaired) electrons. The van der Waals surface area contributed by atoms with E-state index in [0.717, 1.165) is 18.5 Å². The maximum atomic E-state index is 4.81. The Balaban J connectivity index is 1.58. The van der Waals surface area contributed by atoms with Crippen LogP contribution in [0.1, 0.15) is 56.2 Å². The van der Waals surface area contributed by atoms with Crippen LogP contribution in [0.4, 0.5) is 0 Å². The van der Waals surface area contributed by atoms with Gasteiger partial charge in [0, 0.05) is 30.4 Å². The van der Waals surface area contributed by atoms with Crippen LogP contribution in [0.25, 0.3) is 0 Å². The van der Waals surface area contributed by atoms with Gasteiger partial charge in [-0.2, -0.15) is 0 Å². The molecule has 2 fully saturated rings. The van der Waals surface area contributed by atoms with E-state index < -0.39 is 0 Å². The minimum Gasteiger partial charge on any atom is -0.316 e. The Kier molecular flexibility index (Phi) is 4.74. The first-order valence-electron chi connectivity index (χ1n) is 8.11. The monoisotopic (exact) mass is 293 g/mol. The minimum atomic E-state index is 0.561. The predicted molar refractivity (Wildman–Crippen MR) is 85.2 cm³/mol. The highest BCUT2D eigenvalue weighted by atomic mass is 32.1. The zero-order chi connectivity index (χ0) is 13.9. The van der Waals surface area contributed by atoms with Gasteiger partial charge in [-0.15, -0.1) is 11.3 Å². The van der Waals surface area contributed by atoms with Gasteiger partial charge in [0.1, 0.15) is 0 Å². The molecule has 20 heavy (non-hydrogen) atoms. The molecule has 1 aliphatic carbocycles. The Morgan fingerprint density at radius 1 is 1.40 bits per heavy atom. The zero-order valence-electron chi connectivity index (χ0n) is 12.8. The summed E-state index contributed by atoms with van der Waals surface area (Å²) in [6, 6.07) is 0.834. The molecule has 1 unspecified atom stereocenters. The highest BCUT2D eigenvalue weighted by Crippen LogP contribution is 2.30. The normalized spacial score (nSPS) is 23.7. The van der Waals surface area contributed by atoms with Crippen molar-refractivity contribution in [2.75, 3.05) is 19.6 Å². The van der Waals surface area contributed by atoms with Crippen LogP contribution in [0.5, 0.6) is 0 Å². The molecule has 2 aliphatic rings. The van der Waals surface area contributed by atoms with E-state index in [2.05, 4.69) is 29.4 Å². The van der Waals surface area contributed by atoms with Gasteiger partial charge in [-0.05, 0) is 44.7 Å². The number of nitrogens with zero attached hydrogens (tertiary/aromatic N) is 2. The molecule has 112 valence electrons. The average molecular weight is 293 g/mol. The standard InChI is InChI=1S/C16H27N3S/c1-12(2)16-18-14(11-20-16)10-19(15-5-6-15)9-13-4-3-7-17-8-13/h11-13,15,17H,3-10H2,1-2H3. The van der Waals surface area contributed by atoms with E-state index in [4.69, 9.17) is 4.98 Å². The van der Waals surface area contributed by atoms with Crippen molar-refractivity contribution in [3.05, 3.63) is 16.1 Å². The van der Waals surface area contributed by atoms with Gasteiger partial charge in [-0.1, -0.05) is 13.8 Å². The van der Waals surface area contributed by atoms with Crippen molar-refractivity contribution in [2.24, 2.45) is 5.92 Å². The summed E-state index contributed by atoms with van der Waals surface area (Å²) in [5.41, 5.74) is 1.29. The lowest BCUT2D eigenvalue weighted by Crippen LogP contribution is -2.39. The van der Waals surface area contributed by atoms with E-state index in [9.17, 15) is 0 Å². The molecule has 1 aliphatic heterocycles. The first kappa shape index (κ1) is 14.5. The smallest absolute Gasteiger partial charge is 0.0954 e. The molecule has 1 aromatic heterocycles. The van der Waals surface area contributed by atoms with Crippen molar-refractivity contribution in [3.63, 3.8) is 0 Å². The summed E-state index contributed by atoms with van der Waals surface area (Å²) in [7, 11) is 0. The largest absolute Gasteiger partial charge is 0.316 e.